The number of carbonyl (C=O) groups excluding carboxylic acids is 1. The van der Waals surface area contributed by atoms with E-state index in [1.807, 2.05) is 0 Å². The highest BCUT2D eigenvalue weighted by Crippen LogP contribution is 1.93. The number of hydrogen-bond acceptors (Lipinski definition) is 4. The van der Waals surface area contributed by atoms with E-state index < -0.39 is 12.0 Å². The maximum atomic E-state index is 10.1. The van der Waals surface area contributed by atoms with E-state index >= 15 is 0 Å². The van der Waals surface area contributed by atoms with Crippen LogP contribution in [-0.4, -0.2) is 56.7 Å². The summed E-state index contributed by atoms with van der Waals surface area (Å²) in [4.78, 5) is 13.8. The van der Waals surface area contributed by atoms with E-state index in [-0.39, 0.29) is 5.96 Å². The second kappa shape index (κ2) is 9.67. The number of rotatable bonds is 6. The zero-order valence-electron chi connectivity index (χ0n) is 11.8. The van der Waals surface area contributed by atoms with Crippen molar-refractivity contribution < 1.29 is 14.4 Å². The third-order valence-electron chi connectivity index (χ3n) is 2.22. The fourth-order valence-electron chi connectivity index (χ4n) is 0.637. The van der Waals surface area contributed by atoms with Crippen molar-refractivity contribution >= 4 is 11.9 Å². The first-order valence-corrected chi connectivity index (χ1v) is 5.92. The number of aliphatic imine (C=N–C) groups is 1. The van der Waals surface area contributed by atoms with Crippen LogP contribution < -0.4 is 22.3 Å². The second-order valence-corrected chi connectivity index (χ2v) is 4.98. The highest BCUT2D eigenvalue weighted by atomic mass is 16.4. The van der Waals surface area contributed by atoms with Crippen molar-refractivity contribution in [2.45, 2.75) is 25.8 Å². The Morgan fingerprint density at radius 3 is 2.06 bits per heavy atom. The van der Waals surface area contributed by atoms with Gasteiger partial charge in [-0.1, -0.05) is 0 Å². The molecular weight excluding hydrogens is 234 g/mol. The zero-order chi connectivity index (χ0) is 14.8. The molecule has 1 atom stereocenters. The van der Waals surface area contributed by atoms with Crippen LogP contribution in [0.15, 0.2) is 4.99 Å². The van der Waals surface area contributed by atoms with Gasteiger partial charge in [-0.05, 0) is 19.8 Å². The lowest BCUT2D eigenvalue weighted by molar-refractivity contribution is -0.868. The van der Waals surface area contributed by atoms with Crippen molar-refractivity contribution in [3.05, 3.63) is 0 Å². The molecule has 0 saturated heterocycles. The van der Waals surface area contributed by atoms with Gasteiger partial charge < -0.3 is 31.6 Å². The smallest absolute Gasteiger partial charge is 0.185 e. The Labute approximate surface area is 109 Å². The van der Waals surface area contributed by atoms with Crippen molar-refractivity contribution in [1.29, 1.82) is 0 Å². The monoisotopic (exact) mass is 261 g/mol. The number of aliphatic carboxylic acids is 1. The molecule has 0 aromatic rings. The lowest BCUT2D eigenvalue weighted by Crippen LogP contribution is -2.41. The summed E-state index contributed by atoms with van der Waals surface area (Å²) in [5, 5.41) is 10.1. The number of nitrogens with zero attached hydrogens (tertiary/aromatic N) is 2. The quantitative estimate of drug-likeness (QED) is 0.217. The molecule has 0 radical (unpaired) electrons. The van der Waals surface area contributed by atoms with Crippen LogP contribution in [0.4, 0.5) is 0 Å². The summed E-state index contributed by atoms with van der Waals surface area (Å²) in [5.41, 5.74) is 15.2. The Morgan fingerprint density at radius 2 is 1.78 bits per heavy atom. The van der Waals surface area contributed by atoms with Gasteiger partial charge in [0.2, 0.25) is 0 Å². The van der Waals surface area contributed by atoms with Crippen LogP contribution in [-0.2, 0) is 4.79 Å². The summed E-state index contributed by atoms with van der Waals surface area (Å²) in [7, 11) is 6.54. The average Bonchev–Trinajstić information content (AvgIpc) is 2.23. The van der Waals surface area contributed by atoms with Gasteiger partial charge in [-0.15, -0.1) is 0 Å². The summed E-state index contributed by atoms with van der Waals surface area (Å²) >= 11 is 0. The van der Waals surface area contributed by atoms with Gasteiger partial charge in [0.15, 0.2) is 5.96 Å². The molecule has 0 bridgehead atoms. The molecule has 0 unspecified atom stereocenters. The summed E-state index contributed by atoms with van der Waals surface area (Å²) < 4.78 is 1.07. The van der Waals surface area contributed by atoms with Crippen molar-refractivity contribution in [2.75, 3.05) is 34.2 Å². The van der Waals surface area contributed by atoms with E-state index in [4.69, 9.17) is 17.2 Å². The number of quaternary nitrogens is 1. The van der Waals surface area contributed by atoms with E-state index in [9.17, 15) is 9.90 Å². The molecule has 0 heterocycles. The molecule has 0 aromatic carbocycles. The van der Waals surface area contributed by atoms with Gasteiger partial charge in [-0.25, -0.2) is 0 Å². The van der Waals surface area contributed by atoms with Crippen molar-refractivity contribution in [3.63, 3.8) is 0 Å². The molecule has 0 saturated carbocycles. The first-order chi connectivity index (χ1) is 8.10. The van der Waals surface area contributed by atoms with Crippen LogP contribution in [0.2, 0.25) is 0 Å². The highest BCUT2D eigenvalue weighted by Gasteiger charge is 2.01. The number of carbonyl (C=O) groups is 1. The SMILES string of the molecule is CC[N+](C)(C)C.NC(N)=NCCC[C@H](N)C(=O)[O-]. The summed E-state index contributed by atoms with van der Waals surface area (Å²) in [6.07, 6.45) is 0.853. The Morgan fingerprint density at radius 1 is 1.33 bits per heavy atom. The van der Waals surface area contributed by atoms with Crippen LogP contribution in [0.3, 0.4) is 0 Å². The fourth-order valence-corrected chi connectivity index (χ4v) is 0.637. The third kappa shape index (κ3) is 17.1. The number of nitrogens with two attached hydrogens (primary N) is 3. The minimum absolute atomic E-state index is 0.00276. The molecule has 6 N–H and O–H groups in total. The van der Waals surface area contributed by atoms with Crippen molar-refractivity contribution in [2.24, 2.45) is 22.2 Å². The largest absolute Gasteiger partial charge is 0.548 e. The number of guanidine groups is 1. The van der Waals surface area contributed by atoms with Crippen LogP contribution in [0.5, 0.6) is 0 Å². The summed E-state index contributed by atoms with van der Waals surface area (Å²) in [5.74, 6) is -1.25. The second-order valence-electron chi connectivity index (χ2n) is 4.98. The van der Waals surface area contributed by atoms with E-state index in [2.05, 4.69) is 33.1 Å². The molecule has 0 aromatic heterocycles. The first-order valence-electron chi connectivity index (χ1n) is 5.92. The van der Waals surface area contributed by atoms with Crippen LogP contribution >= 0.6 is 0 Å². The minimum Gasteiger partial charge on any atom is -0.548 e. The predicted molar refractivity (Wildman–Crippen MR) is 71.5 cm³/mol. The summed E-state index contributed by atoms with van der Waals surface area (Å²) in [6.45, 7) is 3.78. The lowest BCUT2D eigenvalue weighted by atomic mass is 10.2. The molecule has 18 heavy (non-hydrogen) atoms. The van der Waals surface area contributed by atoms with E-state index in [1.165, 1.54) is 6.54 Å². The van der Waals surface area contributed by atoms with Gasteiger partial charge in [-0.3, -0.25) is 4.99 Å². The highest BCUT2D eigenvalue weighted by molar-refractivity contribution is 5.75. The van der Waals surface area contributed by atoms with Gasteiger partial charge in [0.05, 0.1) is 33.7 Å². The standard InChI is InChI=1S/C6H14N4O2.C5H14N/c7-4(5(11)12)2-1-3-10-6(8)9;1-5-6(2,3)4/h4H,1-3,7H2,(H,11,12)(H4,8,9,10);5H2,1-4H3/q;+1/p-1/t4-;/m0./s1. The molecule has 0 fully saturated rings. The summed E-state index contributed by atoms with van der Waals surface area (Å²) in [6, 6.07) is -0.931. The lowest BCUT2D eigenvalue weighted by Gasteiger charge is -2.20. The minimum atomic E-state index is -1.25. The molecule has 0 aliphatic rings. The Balaban J connectivity index is 0. The van der Waals surface area contributed by atoms with Gasteiger partial charge >= 0.3 is 0 Å². The maximum Gasteiger partial charge on any atom is 0.185 e. The van der Waals surface area contributed by atoms with Crippen LogP contribution in [0.25, 0.3) is 0 Å². The molecule has 0 aliphatic heterocycles. The van der Waals surface area contributed by atoms with Gasteiger partial charge in [0, 0.05) is 12.6 Å². The molecule has 7 nitrogen and oxygen atoms in total. The number of carboxylic acids is 1. The Hall–Kier alpha value is -1.34. The van der Waals surface area contributed by atoms with Gasteiger partial charge in [0.25, 0.3) is 0 Å². The van der Waals surface area contributed by atoms with Crippen LogP contribution in [0.1, 0.15) is 19.8 Å². The zero-order valence-corrected chi connectivity index (χ0v) is 11.8. The van der Waals surface area contributed by atoms with Gasteiger partial charge in [-0.2, -0.15) is 0 Å². The molecule has 0 aliphatic carbocycles. The Kier molecular flexibility index (Phi) is 10.2. The maximum absolute atomic E-state index is 10.1. The third-order valence-corrected chi connectivity index (χ3v) is 2.22. The molecule has 7 heteroatoms. The van der Waals surface area contributed by atoms with Gasteiger partial charge in [0.1, 0.15) is 0 Å². The Bertz CT molecular complexity index is 257. The average molecular weight is 261 g/mol. The fraction of sp³-hybridized carbons (Fsp3) is 0.818. The number of carboxylic acid groups (broad SMARTS) is 1. The van der Waals surface area contributed by atoms with E-state index in [1.54, 1.807) is 0 Å². The van der Waals surface area contributed by atoms with E-state index in [0.29, 0.717) is 19.4 Å². The normalized spacial score (nSPS) is 12.1. The van der Waals surface area contributed by atoms with Crippen molar-refractivity contribution in [3.8, 4) is 0 Å². The van der Waals surface area contributed by atoms with E-state index in [0.717, 1.165) is 4.48 Å². The van der Waals surface area contributed by atoms with Crippen molar-refractivity contribution in [1.82, 2.24) is 0 Å². The number of hydrogen-bond donors (Lipinski definition) is 3. The molecule has 108 valence electrons. The molecule has 0 amide bonds. The predicted octanol–water partition coefficient (Wildman–Crippen LogP) is -2.17. The van der Waals surface area contributed by atoms with Crippen LogP contribution in [0, 0.1) is 0 Å². The topological polar surface area (TPSA) is 131 Å². The molecular formula is C11H27N5O2. The first kappa shape index (κ1) is 19.0. The molecule has 0 rings (SSSR count). The molecule has 0 spiro atoms.